The Morgan fingerprint density at radius 2 is 1.72 bits per heavy atom. The van der Waals surface area contributed by atoms with Gasteiger partial charge in [-0.3, -0.25) is 9.48 Å². The zero-order valence-corrected chi connectivity index (χ0v) is 21.2. The molecule has 3 aromatic carbocycles. The summed E-state index contributed by atoms with van der Waals surface area (Å²) in [6.07, 6.45) is -4.41. The van der Waals surface area contributed by atoms with Crippen molar-refractivity contribution in [3.63, 3.8) is 0 Å². The molecule has 0 aliphatic rings. The van der Waals surface area contributed by atoms with Crippen molar-refractivity contribution >= 4 is 27.5 Å². The Bertz CT molecular complexity index is 1380. The molecular weight excluding hydrogens is 535 g/mol. The van der Waals surface area contributed by atoms with Crippen molar-refractivity contribution in [3.8, 4) is 5.75 Å². The lowest BCUT2D eigenvalue weighted by atomic mass is 10.1. The highest BCUT2D eigenvalue weighted by Gasteiger charge is 2.30. The molecule has 4 aromatic rings. The van der Waals surface area contributed by atoms with Gasteiger partial charge in [-0.1, -0.05) is 36.4 Å². The van der Waals surface area contributed by atoms with Crippen LogP contribution in [0.2, 0.25) is 0 Å². The minimum Gasteiger partial charge on any atom is -0.488 e. The normalized spacial score (nSPS) is 11.4. The van der Waals surface area contributed by atoms with E-state index in [1.165, 1.54) is 6.07 Å². The SMILES string of the molecule is Cc1nn(Cc2cccc(C(F)(F)F)c2)c(C)c1NC(=O)c1ccc(COc2ccccc2Br)cc1. The monoisotopic (exact) mass is 557 g/mol. The lowest BCUT2D eigenvalue weighted by Gasteiger charge is -2.11. The molecule has 0 saturated carbocycles. The van der Waals surface area contributed by atoms with Crippen molar-refractivity contribution in [2.45, 2.75) is 33.2 Å². The summed E-state index contributed by atoms with van der Waals surface area (Å²) in [6.45, 7) is 4.02. The minimum absolute atomic E-state index is 0.151. The number of anilines is 1. The van der Waals surface area contributed by atoms with Crippen molar-refractivity contribution < 1.29 is 22.7 Å². The first-order valence-electron chi connectivity index (χ1n) is 11.1. The summed E-state index contributed by atoms with van der Waals surface area (Å²) in [6, 6.07) is 19.8. The third-order valence-corrected chi connectivity index (χ3v) is 6.31. The van der Waals surface area contributed by atoms with Gasteiger partial charge in [0.15, 0.2) is 0 Å². The first-order valence-corrected chi connectivity index (χ1v) is 11.9. The standard InChI is InChI=1S/C27H23BrF3N3O2/c1-17-25(18(2)34(33-17)15-20-6-5-7-22(14-20)27(29,30)31)32-26(35)21-12-10-19(11-13-21)16-36-24-9-4-3-8-23(24)28/h3-14H,15-16H2,1-2H3,(H,32,35). The van der Waals surface area contributed by atoms with Gasteiger partial charge in [-0.05, 0) is 77.3 Å². The maximum Gasteiger partial charge on any atom is 0.416 e. The minimum atomic E-state index is -4.41. The third-order valence-electron chi connectivity index (χ3n) is 5.65. The topological polar surface area (TPSA) is 56.2 Å². The van der Waals surface area contributed by atoms with Gasteiger partial charge in [0.2, 0.25) is 0 Å². The number of hydrogen-bond acceptors (Lipinski definition) is 3. The number of rotatable bonds is 7. The van der Waals surface area contributed by atoms with E-state index in [1.54, 1.807) is 36.7 Å². The molecule has 0 atom stereocenters. The zero-order valence-electron chi connectivity index (χ0n) is 19.6. The molecule has 36 heavy (non-hydrogen) atoms. The second-order valence-corrected chi connectivity index (χ2v) is 9.13. The Morgan fingerprint density at radius 3 is 2.42 bits per heavy atom. The molecule has 0 bridgehead atoms. The van der Waals surface area contributed by atoms with E-state index in [-0.39, 0.29) is 12.5 Å². The van der Waals surface area contributed by atoms with Crippen LogP contribution < -0.4 is 10.1 Å². The summed E-state index contributed by atoms with van der Waals surface area (Å²) >= 11 is 3.44. The van der Waals surface area contributed by atoms with Crippen molar-refractivity contribution in [2.24, 2.45) is 0 Å². The van der Waals surface area contributed by atoms with E-state index in [4.69, 9.17) is 4.74 Å². The van der Waals surface area contributed by atoms with Gasteiger partial charge in [-0.15, -0.1) is 0 Å². The number of halogens is 4. The van der Waals surface area contributed by atoms with Gasteiger partial charge >= 0.3 is 6.18 Å². The number of aromatic nitrogens is 2. The molecule has 1 aromatic heterocycles. The van der Waals surface area contributed by atoms with Crippen LogP contribution in [-0.2, 0) is 19.3 Å². The van der Waals surface area contributed by atoms with Gasteiger partial charge < -0.3 is 10.1 Å². The average Bonchev–Trinajstić information content (AvgIpc) is 3.10. The quantitative estimate of drug-likeness (QED) is 0.262. The molecule has 0 spiro atoms. The number of carbonyl (C=O) groups is 1. The van der Waals surface area contributed by atoms with Crippen LogP contribution in [0.5, 0.6) is 5.75 Å². The van der Waals surface area contributed by atoms with Crippen LogP contribution in [0.1, 0.15) is 38.4 Å². The molecule has 1 amide bonds. The van der Waals surface area contributed by atoms with E-state index in [0.29, 0.717) is 34.8 Å². The summed E-state index contributed by atoms with van der Waals surface area (Å²) in [5.41, 5.74) is 2.89. The molecule has 186 valence electrons. The Kier molecular flexibility index (Phi) is 7.49. The van der Waals surface area contributed by atoms with Crippen molar-refractivity contribution in [1.82, 2.24) is 9.78 Å². The molecule has 5 nitrogen and oxygen atoms in total. The number of nitrogens with one attached hydrogen (secondary N) is 1. The molecule has 9 heteroatoms. The largest absolute Gasteiger partial charge is 0.488 e. The molecule has 0 aliphatic heterocycles. The highest BCUT2D eigenvalue weighted by atomic mass is 79.9. The third kappa shape index (κ3) is 5.96. The van der Waals surface area contributed by atoms with E-state index >= 15 is 0 Å². The summed E-state index contributed by atoms with van der Waals surface area (Å²) in [4.78, 5) is 12.9. The Labute approximate surface area is 215 Å². The fourth-order valence-electron chi connectivity index (χ4n) is 3.71. The molecule has 0 fully saturated rings. The summed E-state index contributed by atoms with van der Waals surface area (Å²) in [7, 11) is 0. The van der Waals surface area contributed by atoms with E-state index in [0.717, 1.165) is 27.9 Å². The predicted molar refractivity (Wildman–Crippen MR) is 135 cm³/mol. The molecule has 0 unspecified atom stereocenters. The predicted octanol–water partition coefficient (Wildman–Crippen LogP) is 7.16. The average molecular weight is 558 g/mol. The second-order valence-electron chi connectivity index (χ2n) is 8.27. The molecule has 4 rings (SSSR count). The van der Waals surface area contributed by atoms with Gasteiger partial charge in [0, 0.05) is 5.56 Å². The molecule has 0 radical (unpaired) electrons. The maximum absolute atomic E-state index is 13.0. The van der Waals surface area contributed by atoms with E-state index < -0.39 is 11.7 Å². The van der Waals surface area contributed by atoms with Crippen molar-refractivity contribution in [1.29, 1.82) is 0 Å². The van der Waals surface area contributed by atoms with Crippen molar-refractivity contribution in [3.05, 3.63) is 111 Å². The fourth-order valence-corrected chi connectivity index (χ4v) is 4.11. The van der Waals surface area contributed by atoms with Crippen LogP contribution in [0.3, 0.4) is 0 Å². The van der Waals surface area contributed by atoms with Gasteiger partial charge in [-0.25, -0.2) is 0 Å². The van der Waals surface area contributed by atoms with E-state index in [2.05, 4.69) is 26.3 Å². The highest BCUT2D eigenvalue weighted by Crippen LogP contribution is 2.30. The number of benzene rings is 3. The smallest absolute Gasteiger partial charge is 0.416 e. The Balaban J connectivity index is 1.42. The Hall–Kier alpha value is -3.59. The van der Waals surface area contributed by atoms with Crippen LogP contribution in [0, 0.1) is 13.8 Å². The summed E-state index contributed by atoms with van der Waals surface area (Å²) < 4.78 is 47.4. The van der Waals surface area contributed by atoms with Crippen LogP contribution in [-0.4, -0.2) is 15.7 Å². The van der Waals surface area contributed by atoms with Crippen LogP contribution >= 0.6 is 15.9 Å². The first-order chi connectivity index (χ1) is 17.1. The van der Waals surface area contributed by atoms with Gasteiger partial charge in [0.1, 0.15) is 12.4 Å². The van der Waals surface area contributed by atoms with Crippen molar-refractivity contribution in [2.75, 3.05) is 5.32 Å². The number of carbonyl (C=O) groups excluding carboxylic acids is 1. The summed E-state index contributed by atoms with van der Waals surface area (Å²) in [5.74, 6) is 0.422. The van der Waals surface area contributed by atoms with Crippen LogP contribution in [0.25, 0.3) is 0 Å². The second kappa shape index (κ2) is 10.6. The Morgan fingerprint density at radius 1 is 1.00 bits per heavy atom. The summed E-state index contributed by atoms with van der Waals surface area (Å²) in [5, 5.41) is 7.30. The maximum atomic E-state index is 13.0. The van der Waals surface area contributed by atoms with Crippen LogP contribution in [0.4, 0.5) is 18.9 Å². The van der Waals surface area contributed by atoms with E-state index in [9.17, 15) is 18.0 Å². The number of ether oxygens (including phenoxy) is 1. The number of amides is 1. The number of aryl methyl sites for hydroxylation is 1. The lowest BCUT2D eigenvalue weighted by Crippen LogP contribution is -2.13. The fraction of sp³-hybridized carbons (Fsp3) is 0.185. The van der Waals surface area contributed by atoms with Gasteiger partial charge in [0.25, 0.3) is 5.91 Å². The number of para-hydroxylation sites is 1. The molecule has 1 N–H and O–H groups in total. The first kappa shape index (κ1) is 25.5. The van der Waals surface area contributed by atoms with Crippen LogP contribution in [0.15, 0.2) is 77.3 Å². The highest BCUT2D eigenvalue weighted by molar-refractivity contribution is 9.10. The van der Waals surface area contributed by atoms with Gasteiger partial charge in [-0.2, -0.15) is 18.3 Å². The number of hydrogen-bond donors (Lipinski definition) is 1. The molecule has 1 heterocycles. The number of alkyl halides is 3. The van der Waals surface area contributed by atoms with E-state index in [1.807, 2.05) is 36.4 Å². The molecular formula is C27H23BrF3N3O2. The number of nitrogens with zero attached hydrogens (tertiary/aromatic N) is 2. The molecule has 0 aliphatic carbocycles. The van der Waals surface area contributed by atoms with Gasteiger partial charge in [0.05, 0.1) is 33.7 Å². The lowest BCUT2D eigenvalue weighted by molar-refractivity contribution is -0.137. The zero-order chi connectivity index (χ0) is 25.9. The molecule has 0 saturated heterocycles.